The molecule has 0 aromatic carbocycles. The van der Waals surface area contributed by atoms with E-state index < -0.39 is 6.10 Å². The molecule has 0 heterocycles. The number of hydrogen-bond donors (Lipinski definition) is 1. The predicted molar refractivity (Wildman–Crippen MR) is 71.5 cm³/mol. The smallest absolute Gasteiger partial charge is 0.307 e. The zero-order valence-electron chi connectivity index (χ0n) is 11.9. The monoisotopic (exact) mass is 271 g/mol. The summed E-state index contributed by atoms with van der Waals surface area (Å²) in [6.45, 7) is 2.26. The molecule has 0 aliphatic heterocycles. The fraction of sp³-hybridized carbons (Fsp3) is 0.857. The van der Waals surface area contributed by atoms with Crippen LogP contribution in [0, 0.1) is 5.92 Å². The average Bonchev–Trinajstić information content (AvgIpc) is 2.42. The van der Waals surface area contributed by atoms with Crippen molar-refractivity contribution in [1.29, 1.82) is 0 Å². The minimum atomic E-state index is -0.579. The lowest BCUT2D eigenvalue weighted by atomic mass is 9.88. The Balaban J connectivity index is 2.55. The Morgan fingerprint density at radius 3 is 2.47 bits per heavy atom. The number of amides is 1. The van der Waals surface area contributed by atoms with E-state index in [-0.39, 0.29) is 30.8 Å². The quantitative estimate of drug-likeness (QED) is 0.740. The third-order valence-corrected chi connectivity index (χ3v) is 3.56. The van der Waals surface area contributed by atoms with Gasteiger partial charge >= 0.3 is 5.97 Å². The molecular weight excluding hydrogens is 246 g/mol. The second kappa shape index (κ2) is 8.15. The average molecular weight is 271 g/mol. The molecule has 1 unspecified atom stereocenters. The minimum Gasteiger partial charge on any atom is -0.469 e. The summed E-state index contributed by atoms with van der Waals surface area (Å²) in [6, 6.07) is 0. The Morgan fingerprint density at radius 1 is 1.32 bits per heavy atom. The van der Waals surface area contributed by atoms with Gasteiger partial charge < -0.3 is 14.7 Å². The Morgan fingerprint density at radius 2 is 1.95 bits per heavy atom. The summed E-state index contributed by atoms with van der Waals surface area (Å²) in [4.78, 5) is 25.2. The van der Waals surface area contributed by atoms with E-state index in [0.717, 1.165) is 25.7 Å². The highest BCUT2D eigenvalue weighted by Gasteiger charge is 2.26. The molecule has 1 fully saturated rings. The molecule has 110 valence electrons. The van der Waals surface area contributed by atoms with Crippen LogP contribution in [0.2, 0.25) is 0 Å². The number of ether oxygens (including phenoxy) is 1. The van der Waals surface area contributed by atoms with Gasteiger partial charge in [-0.25, -0.2) is 0 Å². The van der Waals surface area contributed by atoms with Crippen LogP contribution in [0.25, 0.3) is 0 Å². The van der Waals surface area contributed by atoms with Gasteiger partial charge in [-0.05, 0) is 19.8 Å². The Hall–Kier alpha value is -1.10. The number of nitrogens with zero attached hydrogens (tertiary/aromatic N) is 1. The van der Waals surface area contributed by atoms with E-state index in [9.17, 15) is 14.7 Å². The van der Waals surface area contributed by atoms with E-state index in [1.807, 2.05) is 0 Å². The number of hydrogen-bond acceptors (Lipinski definition) is 4. The van der Waals surface area contributed by atoms with E-state index in [1.54, 1.807) is 11.8 Å². The molecule has 0 aromatic rings. The summed E-state index contributed by atoms with van der Waals surface area (Å²) in [5, 5.41) is 9.48. The molecule has 0 spiro atoms. The molecule has 1 aliphatic rings. The molecule has 1 amide bonds. The zero-order chi connectivity index (χ0) is 14.3. The van der Waals surface area contributed by atoms with Crippen molar-refractivity contribution in [2.45, 2.75) is 51.6 Å². The first-order valence-corrected chi connectivity index (χ1v) is 7.08. The highest BCUT2D eigenvalue weighted by molar-refractivity contribution is 5.79. The number of methoxy groups -OCH3 is 1. The van der Waals surface area contributed by atoms with Crippen LogP contribution in [0.15, 0.2) is 0 Å². The summed E-state index contributed by atoms with van der Waals surface area (Å²) in [5.41, 5.74) is 0. The Bertz CT molecular complexity index is 298. The molecule has 1 saturated carbocycles. The van der Waals surface area contributed by atoms with Crippen molar-refractivity contribution in [2.24, 2.45) is 5.92 Å². The van der Waals surface area contributed by atoms with Crippen LogP contribution in [0.4, 0.5) is 0 Å². The summed E-state index contributed by atoms with van der Waals surface area (Å²) in [7, 11) is 1.34. The number of rotatable bonds is 6. The molecule has 1 N–H and O–H groups in total. The van der Waals surface area contributed by atoms with Gasteiger partial charge in [-0.3, -0.25) is 9.59 Å². The summed E-state index contributed by atoms with van der Waals surface area (Å²) in [6.07, 6.45) is 4.83. The first-order chi connectivity index (χ1) is 9.04. The maximum atomic E-state index is 12.4. The summed E-state index contributed by atoms with van der Waals surface area (Å²) in [5.74, 6) is -0.193. The van der Waals surface area contributed by atoms with Crippen molar-refractivity contribution in [3.63, 3.8) is 0 Å². The van der Waals surface area contributed by atoms with E-state index in [0.29, 0.717) is 6.54 Å². The second-order valence-electron chi connectivity index (χ2n) is 5.29. The van der Waals surface area contributed by atoms with Gasteiger partial charge in [0.2, 0.25) is 5.91 Å². The van der Waals surface area contributed by atoms with Crippen LogP contribution in [0.3, 0.4) is 0 Å². The molecule has 5 heteroatoms. The Labute approximate surface area is 114 Å². The number of aliphatic hydroxyl groups is 1. The summed E-state index contributed by atoms with van der Waals surface area (Å²) >= 11 is 0. The van der Waals surface area contributed by atoms with Gasteiger partial charge in [-0.2, -0.15) is 0 Å². The third-order valence-electron chi connectivity index (χ3n) is 3.56. The van der Waals surface area contributed by atoms with Gasteiger partial charge in [0.25, 0.3) is 0 Å². The third kappa shape index (κ3) is 5.59. The van der Waals surface area contributed by atoms with Crippen molar-refractivity contribution in [2.75, 3.05) is 20.2 Å². The summed E-state index contributed by atoms with van der Waals surface area (Å²) < 4.78 is 4.59. The van der Waals surface area contributed by atoms with Gasteiger partial charge in [0.15, 0.2) is 0 Å². The number of carbonyl (C=O) groups excluding carboxylic acids is 2. The molecule has 0 saturated heterocycles. The lowest BCUT2D eigenvalue weighted by Gasteiger charge is -2.30. The first-order valence-electron chi connectivity index (χ1n) is 7.08. The molecule has 0 bridgehead atoms. The van der Waals surface area contributed by atoms with Crippen LogP contribution < -0.4 is 0 Å². The van der Waals surface area contributed by atoms with Crippen molar-refractivity contribution in [3.05, 3.63) is 0 Å². The highest BCUT2D eigenvalue weighted by Crippen LogP contribution is 2.25. The van der Waals surface area contributed by atoms with Gasteiger partial charge in [0, 0.05) is 19.0 Å². The topological polar surface area (TPSA) is 66.8 Å². The van der Waals surface area contributed by atoms with Gasteiger partial charge in [0.05, 0.1) is 19.6 Å². The number of esters is 1. The molecule has 0 aromatic heterocycles. The van der Waals surface area contributed by atoms with Crippen LogP contribution in [-0.4, -0.2) is 48.2 Å². The highest BCUT2D eigenvalue weighted by atomic mass is 16.5. The molecule has 1 atom stereocenters. The normalized spacial score (nSPS) is 17.8. The van der Waals surface area contributed by atoms with Crippen molar-refractivity contribution >= 4 is 11.9 Å². The fourth-order valence-electron chi connectivity index (χ4n) is 2.55. The van der Waals surface area contributed by atoms with Gasteiger partial charge in [0.1, 0.15) is 0 Å². The molecule has 1 aliphatic carbocycles. The van der Waals surface area contributed by atoms with E-state index >= 15 is 0 Å². The zero-order valence-corrected chi connectivity index (χ0v) is 11.9. The Kier molecular flexibility index (Phi) is 6.84. The molecular formula is C14H25NO4. The van der Waals surface area contributed by atoms with E-state index in [4.69, 9.17) is 0 Å². The van der Waals surface area contributed by atoms with Crippen LogP contribution >= 0.6 is 0 Å². The molecule has 5 nitrogen and oxygen atoms in total. The lowest BCUT2D eigenvalue weighted by molar-refractivity contribution is -0.143. The first kappa shape index (κ1) is 16.0. The van der Waals surface area contributed by atoms with Crippen molar-refractivity contribution < 1.29 is 19.4 Å². The molecule has 0 radical (unpaired) electrons. The second-order valence-corrected chi connectivity index (χ2v) is 5.29. The maximum Gasteiger partial charge on any atom is 0.307 e. The predicted octanol–water partition coefficient (Wildman–Crippen LogP) is 1.34. The molecule has 19 heavy (non-hydrogen) atoms. The van der Waals surface area contributed by atoms with Crippen LogP contribution in [0.5, 0.6) is 0 Å². The van der Waals surface area contributed by atoms with Gasteiger partial charge in [-0.15, -0.1) is 0 Å². The maximum absolute atomic E-state index is 12.4. The SMILES string of the molecule is COC(=O)CCN(CC(C)O)C(=O)C1CCCCC1. The minimum absolute atomic E-state index is 0.0603. The lowest BCUT2D eigenvalue weighted by Crippen LogP contribution is -2.42. The van der Waals surface area contributed by atoms with Crippen LogP contribution in [-0.2, 0) is 14.3 Å². The van der Waals surface area contributed by atoms with Crippen molar-refractivity contribution in [1.82, 2.24) is 4.90 Å². The van der Waals surface area contributed by atoms with E-state index in [1.165, 1.54) is 13.5 Å². The van der Waals surface area contributed by atoms with Crippen molar-refractivity contribution in [3.8, 4) is 0 Å². The largest absolute Gasteiger partial charge is 0.469 e. The number of carbonyl (C=O) groups is 2. The fourth-order valence-corrected chi connectivity index (χ4v) is 2.55. The standard InChI is InChI=1S/C14H25NO4/c1-11(16)10-15(9-8-13(17)19-2)14(18)12-6-4-3-5-7-12/h11-12,16H,3-10H2,1-2H3. The van der Waals surface area contributed by atoms with Gasteiger partial charge in [-0.1, -0.05) is 19.3 Å². The number of aliphatic hydroxyl groups excluding tert-OH is 1. The van der Waals surface area contributed by atoms with E-state index in [2.05, 4.69) is 4.74 Å². The van der Waals surface area contributed by atoms with Crippen LogP contribution in [0.1, 0.15) is 45.4 Å². The molecule has 1 rings (SSSR count).